The number of ether oxygens (including phenoxy) is 1. The second-order valence-corrected chi connectivity index (χ2v) is 5.61. The summed E-state index contributed by atoms with van der Waals surface area (Å²) in [5, 5.41) is 3.41. The van der Waals surface area contributed by atoms with Crippen LogP contribution in [0.2, 0.25) is 0 Å². The molecule has 0 saturated carbocycles. The first kappa shape index (κ1) is 17.0. The minimum atomic E-state index is 0.833. The van der Waals surface area contributed by atoms with Crippen LogP contribution in [0.3, 0.4) is 0 Å². The van der Waals surface area contributed by atoms with Gasteiger partial charge in [0, 0.05) is 45.5 Å². The van der Waals surface area contributed by atoms with Crippen molar-refractivity contribution in [3.63, 3.8) is 0 Å². The van der Waals surface area contributed by atoms with Crippen molar-refractivity contribution in [1.82, 2.24) is 14.9 Å². The largest absolute Gasteiger partial charge is 0.379 e. The first-order valence-electron chi connectivity index (χ1n) is 8.45. The molecule has 0 unspecified atom stereocenters. The molecule has 1 aliphatic rings. The van der Waals surface area contributed by atoms with Crippen molar-refractivity contribution < 1.29 is 4.74 Å². The van der Waals surface area contributed by atoms with Crippen LogP contribution < -0.4 is 10.2 Å². The quantitative estimate of drug-likeness (QED) is 0.751. The van der Waals surface area contributed by atoms with Crippen LogP contribution in [0.5, 0.6) is 0 Å². The molecule has 6 nitrogen and oxygen atoms in total. The molecule has 1 saturated heterocycles. The summed E-state index contributed by atoms with van der Waals surface area (Å²) in [6, 6.07) is 1.94. The summed E-state index contributed by atoms with van der Waals surface area (Å²) in [6.45, 7) is 12.1. The van der Waals surface area contributed by atoms with Crippen LogP contribution in [0.15, 0.2) is 12.3 Å². The predicted octanol–water partition coefficient (Wildman–Crippen LogP) is 1.85. The van der Waals surface area contributed by atoms with Crippen molar-refractivity contribution >= 4 is 11.8 Å². The van der Waals surface area contributed by atoms with Gasteiger partial charge in [-0.3, -0.25) is 4.90 Å². The van der Waals surface area contributed by atoms with Gasteiger partial charge in [-0.25, -0.2) is 4.98 Å². The summed E-state index contributed by atoms with van der Waals surface area (Å²) in [6.07, 6.45) is 4.06. The minimum Gasteiger partial charge on any atom is -0.379 e. The topological polar surface area (TPSA) is 53.5 Å². The van der Waals surface area contributed by atoms with E-state index in [9.17, 15) is 0 Å². The number of hydrogen-bond acceptors (Lipinski definition) is 6. The molecule has 1 aliphatic heterocycles. The highest BCUT2D eigenvalue weighted by Crippen LogP contribution is 2.12. The second kappa shape index (κ2) is 9.58. The third kappa shape index (κ3) is 5.42. The Hall–Kier alpha value is -1.40. The molecule has 1 fully saturated rings. The molecule has 124 valence electrons. The molecule has 0 aliphatic carbocycles. The molecular formula is C16H29N5O. The van der Waals surface area contributed by atoms with Crippen molar-refractivity contribution in [3.8, 4) is 0 Å². The zero-order valence-electron chi connectivity index (χ0n) is 13.9. The Balaban J connectivity index is 1.84. The summed E-state index contributed by atoms with van der Waals surface area (Å²) >= 11 is 0. The Bertz CT molecular complexity index is 417. The van der Waals surface area contributed by atoms with Gasteiger partial charge in [0.15, 0.2) is 0 Å². The van der Waals surface area contributed by atoms with E-state index in [0.717, 1.165) is 77.1 Å². The summed E-state index contributed by atoms with van der Waals surface area (Å²) < 4.78 is 5.36. The third-order valence-electron chi connectivity index (χ3n) is 3.75. The van der Waals surface area contributed by atoms with Crippen molar-refractivity contribution in [3.05, 3.63) is 12.3 Å². The molecule has 1 N–H and O–H groups in total. The Labute approximate surface area is 133 Å². The lowest BCUT2D eigenvalue weighted by Crippen LogP contribution is -2.39. The molecule has 0 bridgehead atoms. The van der Waals surface area contributed by atoms with Crippen molar-refractivity contribution in [2.24, 2.45) is 0 Å². The number of aromatic nitrogens is 2. The van der Waals surface area contributed by atoms with Gasteiger partial charge in [-0.05, 0) is 18.9 Å². The number of morpholine rings is 1. The van der Waals surface area contributed by atoms with E-state index >= 15 is 0 Å². The van der Waals surface area contributed by atoms with Gasteiger partial charge in [-0.2, -0.15) is 4.98 Å². The Morgan fingerprint density at radius 2 is 1.95 bits per heavy atom. The lowest BCUT2D eigenvalue weighted by molar-refractivity contribution is 0.0398. The van der Waals surface area contributed by atoms with Crippen LogP contribution in [0.4, 0.5) is 11.8 Å². The van der Waals surface area contributed by atoms with Crippen LogP contribution in [-0.4, -0.2) is 67.4 Å². The number of rotatable bonds is 9. The maximum atomic E-state index is 5.36. The lowest BCUT2D eigenvalue weighted by atomic mass is 10.3. The van der Waals surface area contributed by atoms with E-state index in [2.05, 4.69) is 38.9 Å². The summed E-state index contributed by atoms with van der Waals surface area (Å²) in [5.41, 5.74) is 0. The van der Waals surface area contributed by atoms with Gasteiger partial charge in [0.2, 0.25) is 5.95 Å². The zero-order chi connectivity index (χ0) is 15.6. The number of nitrogens with zero attached hydrogens (tertiary/aromatic N) is 4. The Morgan fingerprint density at radius 3 is 2.64 bits per heavy atom. The highest BCUT2D eigenvalue weighted by atomic mass is 16.5. The average Bonchev–Trinajstić information content (AvgIpc) is 2.56. The van der Waals surface area contributed by atoms with Crippen molar-refractivity contribution in [1.29, 1.82) is 0 Å². The molecule has 2 heterocycles. The molecule has 0 amide bonds. The van der Waals surface area contributed by atoms with Gasteiger partial charge >= 0.3 is 0 Å². The van der Waals surface area contributed by atoms with E-state index in [1.54, 1.807) is 0 Å². The smallest absolute Gasteiger partial charge is 0.227 e. The monoisotopic (exact) mass is 307 g/mol. The SMILES string of the molecule is CCCN(CCC)c1nccc(NCCN2CCOCC2)n1. The van der Waals surface area contributed by atoms with Gasteiger partial charge in [0.05, 0.1) is 13.2 Å². The van der Waals surface area contributed by atoms with E-state index in [1.165, 1.54) is 0 Å². The van der Waals surface area contributed by atoms with E-state index in [4.69, 9.17) is 4.74 Å². The van der Waals surface area contributed by atoms with Gasteiger partial charge in [0.1, 0.15) is 5.82 Å². The number of nitrogens with one attached hydrogen (secondary N) is 1. The molecule has 0 radical (unpaired) electrons. The third-order valence-corrected chi connectivity index (χ3v) is 3.75. The standard InChI is InChI=1S/C16H29N5O/c1-3-8-21(9-4-2)16-18-6-5-15(19-16)17-7-10-20-11-13-22-14-12-20/h5-6H,3-4,7-14H2,1-2H3,(H,17,18,19). The maximum Gasteiger partial charge on any atom is 0.227 e. The Kier molecular flexibility index (Phi) is 7.39. The van der Waals surface area contributed by atoms with Crippen LogP contribution in [0.25, 0.3) is 0 Å². The predicted molar refractivity (Wildman–Crippen MR) is 90.6 cm³/mol. The highest BCUT2D eigenvalue weighted by Gasteiger charge is 2.10. The van der Waals surface area contributed by atoms with Crippen molar-refractivity contribution in [2.75, 3.05) is 62.7 Å². The van der Waals surface area contributed by atoms with E-state index in [1.807, 2.05) is 12.3 Å². The molecule has 0 atom stereocenters. The normalized spacial score (nSPS) is 15.7. The second-order valence-electron chi connectivity index (χ2n) is 5.61. The molecule has 6 heteroatoms. The number of hydrogen-bond donors (Lipinski definition) is 1. The maximum absolute atomic E-state index is 5.36. The molecule has 22 heavy (non-hydrogen) atoms. The van der Waals surface area contributed by atoms with Gasteiger partial charge < -0.3 is 15.0 Å². The molecule has 2 rings (SSSR count). The fraction of sp³-hybridized carbons (Fsp3) is 0.750. The zero-order valence-corrected chi connectivity index (χ0v) is 13.9. The van der Waals surface area contributed by atoms with Crippen LogP contribution in [0.1, 0.15) is 26.7 Å². The van der Waals surface area contributed by atoms with Crippen LogP contribution in [-0.2, 0) is 4.74 Å². The lowest BCUT2D eigenvalue weighted by Gasteiger charge is -2.26. The summed E-state index contributed by atoms with van der Waals surface area (Å²) in [5.74, 6) is 1.75. The average molecular weight is 307 g/mol. The van der Waals surface area contributed by atoms with Gasteiger partial charge in [-0.15, -0.1) is 0 Å². The van der Waals surface area contributed by atoms with Crippen molar-refractivity contribution in [2.45, 2.75) is 26.7 Å². The number of anilines is 2. The molecule has 1 aromatic rings. The van der Waals surface area contributed by atoms with Gasteiger partial charge in [0.25, 0.3) is 0 Å². The Morgan fingerprint density at radius 1 is 1.23 bits per heavy atom. The molecule has 1 aromatic heterocycles. The first-order chi connectivity index (χ1) is 10.8. The summed E-state index contributed by atoms with van der Waals surface area (Å²) in [7, 11) is 0. The van der Waals surface area contributed by atoms with E-state index in [-0.39, 0.29) is 0 Å². The first-order valence-corrected chi connectivity index (χ1v) is 8.45. The van der Waals surface area contributed by atoms with Crippen LogP contribution in [0, 0.1) is 0 Å². The summed E-state index contributed by atoms with van der Waals surface area (Å²) in [4.78, 5) is 13.7. The fourth-order valence-corrected chi connectivity index (χ4v) is 2.62. The molecular weight excluding hydrogens is 278 g/mol. The van der Waals surface area contributed by atoms with Crippen LogP contribution >= 0.6 is 0 Å². The highest BCUT2D eigenvalue weighted by molar-refractivity contribution is 5.41. The van der Waals surface area contributed by atoms with Gasteiger partial charge in [-0.1, -0.05) is 13.8 Å². The van der Waals surface area contributed by atoms with E-state index < -0.39 is 0 Å². The molecule has 0 spiro atoms. The van der Waals surface area contributed by atoms with E-state index in [0.29, 0.717) is 0 Å². The fourth-order valence-electron chi connectivity index (χ4n) is 2.62. The molecule has 0 aromatic carbocycles. The minimum absolute atomic E-state index is 0.833.